The van der Waals surface area contributed by atoms with Crippen molar-refractivity contribution >= 4 is 12.2 Å². The maximum atomic E-state index is 5.80. The molecule has 3 heterocycles. The minimum absolute atomic E-state index is 0.258. The summed E-state index contributed by atoms with van der Waals surface area (Å²) in [6.45, 7) is 1.78. The lowest BCUT2D eigenvalue weighted by Crippen LogP contribution is -2.26. The van der Waals surface area contributed by atoms with Crippen molar-refractivity contribution in [3.63, 3.8) is 0 Å². The number of hydrogen-bond donors (Lipinski definition) is 0. The lowest BCUT2D eigenvalue weighted by atomic mass is 10.0. The fraction of sp³-hybridized carbons (Fsp3) is 0.364. The smallest absolute Gasteiger partial charge is 0.288 e. The predicted octanol–water partition coefficient (Wildman–Crippen LogP) is 4.41. The topological polar surface area (TPSA) is 71.1 Å². The van der Waals surface area contributed by atoms with Gasteiger partial charge in [0, 0.05) is 24.2 Å². The third-order valence-electron chi connectivity index (χ3n) is 5.67. The Morgan fingerprint density at radius 3 is 2.61 bits per heavy atom. The number of likely N-dealkylation sites (tertiary alicyclic amines) is 1. The number of nitrogens with zero attached hydrogens (tertiary/aromatic N) is 3. The lowest BCUT2D eigenvalue weighted by molar-refractivity contribution is 0.173. The van der Waals surface area contributed by atoms with Gasteiger partial charge in [-0.2, -0.15) is 0 Å². The Morgan fingerprint density at radius 2 is 1.84 bits per heavy atom. The zero-order valence-electron chi connectivity index (χ0n) is 17.4. The molecule has 2 aliphatic rings. The first-order valence-electron chi connectivity index (χ1n) is 10.1. The molecule has 2 aromatic carbocycles. The first kappa shape index (κ1) is 19.9. The van der Waals surface area contributed by atoms with Gasteiger partial charge in [-0.15, -0.1) is 5.10 Å². The molecule has 1 fully saturated rings. The lowest BCUT2D eigenvalue weighted by Gasteiger charge is -2.24. The van der Waals surface area contributed by atoms with Crippen molar-refractivity contribution in [1.29, 1.82) is 0 Å². The van der Waals surface area contributed by atoms with E-state index in [1.807, 2.05) is 18.2 Å². The van der Waals surface area contributed by atoms with Gasteiger partial charge in [0.15, 0.2) is 11.5 Å². The molecule has 1 atom stereocenters. The maximum absolute atomic E-state index is 5.80. The van der Waals surface area contributed by atoms with E-state index in [1.165, 1.54) is 5.56 Å². The summed E-state index contributed by atoms with van der Waals surface area (Å²) < 4.78 is 29.2. The molecule has 1 unspecified atom stereocenters. The van der Waals surface area contributed by atoms with Crippen molar-refractivity contribution in [3.8, 4) is 34.5 Å². The van der Waals surface area contributed by atoms with Gasteiger partial charge in [0.2, 0.25) is 12.7 Å². The Labute approximate surface area is 184 Å². The van der Waals surface area contributed by atoms with Crippen LogP contribution < -0.4 is 18.9 Å². The molecule has 0 spiro atoms. The van der Waals surface area contributed by atoms with Gasteiger partial charge < -0.3 is 23.4 Å². The third-order valence-corrected chi connectivity index (χ3v) is 5.96. The largest absolute Gasteiger partial charge is 0.497 e. The summed E-state index contributed by atoms with van der Waals surface area (Å²) >= 11 is 5.46. The van der Waals surface area contributed by atoms with Crippen molar-refractivity contribution < 1.29 is 23.4 Å². The molecule has 2 aliphatic heterocycles. The van der Waals surface area contributed by atoms with Crippen LogP contribution in [0.25, 0.3) is 11.5 Å². The number of fused-ring (bicyclic) bond motifs is 1. The summed E-state index contributed by atoms with van der Waals surface area (Å²) in [5.41, 5.74) is 1.95. The van der Waals surface area contributed by atoms with Gasteiger partial charge in [-0.1, -0.05) is 6.07 Å². The number of ether oxygens (including phenoxy) is 4. The fourth-order valence-corrected chi connectivity index (χ4v) is 4.29. The van der Waals surface area contributed by atoms with E-state index in [0.29, 0.717) is 28.9 Å². The van der Waals surface area contributed by atoms with Crippen molar-refractivity contribution in [2.45, 2.75) is 25.6 Å². The molecular weight excluding hydrogens is 418 g/mol. The number of benzene rings is 2. The molecule has 1 aromatic heterocycles. The van der Waals surface area contributed by atoms with Gasteiger partial charge in [0.25, 0.3) is 4.84 Å². The van der Waals surface area contributed by atoms with Crippen LogP contribution in [-0.4, -0.2) is 42.2 Å². The Hall–Kier alpha value is -3.04. The Morgan fingerprint density at radius 1 is 1.06 bits per heavy atom. The van der Waals surface area contributed by atoms with Gasteiger partial charge in [-0.3, -0.25) is 4.90 Å². The quantitative estimate of drug-likeness (QED) is 0.521. The van der Waals surface area contributed by atoms with Gasteiger partial charge >= 0.3 is 0 Å². The highest BCUT2D eigenvalue weighted by atomic mass is 32.1. The second kappa shape index (κ2) is 8.24. The van der Waals surface area contributed by atoms with E-state index >= 15 is 0 Å². The van der Waals surface area contributed by atoms with Gasteiger partial charge in [-0.05, 0) is 54.9 Å². The monoisotopic (exact) mass is 441 g/mol. The van der Waals surface area contributed by atoms with Crippen molar-refractivity contribution in [2.24, 2.45) is 0 Å². The number of methoxy groups -OCH3 is 2. The third kappa shape index (κ3) is 3.86. The molecule has 0 amide bonds. The highest BCUT2D eigenvalue weighted by Gasteiger charge is 2.28. The van der Waals surface area contributed by atoms with Crippen molar-refractivity contribution in [3.05, 3.63) is 46.8 Å². The maximum Gasteiger partial charge on any atom is 0.288 e. The van der Waals surface area contributed by atoms with Gasteiger partial charge in [0.1, 0.15) is 11.5 Å². The van der Waals surface area contributed by atoms with Crippen LogP contribution >= 0.6 is 12.2 Å². The highest BCUT2D eigenvalue weighted by molar-refractivity contribution is 7.71. The molecule has 0 saturated carbocycles. The van der Waals surface area contributed by atoms with E-state index in [2.05, 4.69) is 22.1 Å². The predicted molar refractivity (Wildman–Crippen MR) is 115 cm³/mol. The molecule has 0 aliphatic carbocycles. The van der Waals surface area contributed by atoms with Crippen LogP contribution in [0.1, 0.15) is 24.4 Å². The minimum Gasteiger partial charge on any atom is -0.497 e. The average molecular weight is 442 g/mol. The zero-order chi connectivity index (χ0) is 21.4. The Kier molecular flexibility index (Phi) is 5.29. The number of hydrogen-bond acceptors (Lipinski definition) is 8. The fourth-order valence-electron chi connectivity index (χ4n) is 4.11. The molecule has 3 aromatic rings. The second-order valence-corrected chi connectivity index (χ2v) is 7.85. The molecule has 31 heavy (non-hydrogen) atoms. The molecule has 1 saturated heterocycles. The molecule has 5 rings (SSSR count). The standard InChI is InChI=1S/C22H23N3O5S/c1-26-16-8-15(9-17(11-16)27-2)21-23-25(22(31)30-21)12-24-7-3-4-18(24)14-5-6-19-20(10-14)29-13-28-19/h5-6,8-11,18H,3-4,7,12-13H2,1-2H3. The summed E-state index contributed by atoms with van der Waals surface area (Å²) in [6, 6.07) is 11.9. The van der Waals surface area contributed by atoms with Crippen LogP contribution in [0.15, 0.2) is 40.8 Å². The molecule has 162 valence electrons. The minimum atomic E-state index is 0.258. The molecule has 0 N–H and O–H groups in total. The van der Waals surface area contributed by atoms with Crippen LogP contribution in [-0.2, 0) is 6.67 Å². The van der Waals surface area contributed by atoms with E-state index < -0.39 is 0 Å². The molecule has 0 bridgehead atoms. The van der Waals surface area contributed by atoms with Gasteiger partial charge in [-0.25, -0.2) is 4.68 Å². The SMILES string of the molecule is COc1cc(OC)cc(-c2nn(CN3CCCC3c3ccc4c(c3)OCO4)c(=S)o2)c1. The van der Waals surface area contributed by atoms with Crippen molar-refractivity contribution in [2.75, 3.05) is 27.6 Å². The summed E-state index contributed by atoms with van der Waals surface area (Å²) in [5.74, 6) is 3.35. The normalized spacial score (nSPS) is 17.8. The average Bonchev–Trinajstić information content (AvgIpc) is 3.53. The molecule has 0 radical (unpaired) electrons. The van der Waals surface area contributed by atoms with E-state index in [1.54, 1.807) is 25.0 Å². The molecule has 9 heteroatoms. The molecular formula is C22H23N3O5S. The molecule has 8 nitrogen and oxygen atoms in total. The van der Waals surface area contributed by atoms with Crippen LogP contribution in [0.2, 0.25) is 0 Å². The Balaban J connectivity index is 1.39. The van der Waals surface area contributed by atoms with E-state index in [0.717, 1.165) is 36.4 Å². The number of rotatable bonds is 6. The van der Waals surface area contributed by atoms with Crippen LogP contribution in [0.5, 0.6) is 23.0 Å². The van der Waals surface area contributed by atoms with Crippen LogP contribution in [0.3, 0.4) is 0 Å². The van der Waals surface area contributed by atoms with E-state index in [-0.39, 0.29) is 12.8 Å². The van der Waals surface area contributed by atoms with Crippen LogP contribution in [0.4, 0.5) is 0 Å². The van der Waals surface area contributed by atoms with Crippen LogP contribution in [0, 0.1) is 4.84 Å². The first-order valence-corrected chi connectivity index (χ1v) is 10.5. The van der Waals surface area contributed by atoms with Gasteiger partial charge in [0.05, 0.1) is 20.9 Å². The summed E-state index contributed by atoms with van der Waals surface area (Å²) in [7, 11) is 3.22. The summed E-state index contributed by atoms with van der Waals surface area (Å²) in [5, 5.41) is 4.63. The number of aromatic nitrogens is 2. The summed E-state index contributed by atoms with van der Waals surface area (Å²) in [6.07, 6.45) is 2.16. The summed E-state index contributed by atoms with van der Waals surface area (Å²) in [4.78, 5) is 2.68. The Bertz CT molecular complexity index is 1140. The first-order chi connectivity index (χ1) is 15.1. The van der Waals surface area contributed by atoms with E-state index in [9.17, 15) is 0 Å². The highest BCUT2D eigenvalue weighted by Crippen LogP contribution is 2.39. The van der Waals surface area contributed by atoms with E-state index in [4.69, 9.17) is 35.6 Å². The second-order valence-electron chi connectivity index (χ2n) is 7.50. The zero-order valence-corrected chi connectivity index (χ0v) is 18.2. The van der Waals surface area contributed by atoms with Crippen molar-refractivity contribution in [1.82, 2.24) is 14.7 Å².